The number of carbonyl (C=O) groups excluding carboxylic acids is 5. The summed E-state index contributed by atoms with van der Waals surface area (Å²) in [5.41, 5.74) is 5.95. The van der Waals surface area contributed by atoms with Crippen LogP contribution in [0.3, 0.4) is 0 Å². The number of likely N-dealkylation sites (tertiary alicyclic amines) is 1. The predicted molar refractivity (Wildman–Crippen MR) is 170 cm³/mol. The molecule has 46 heavy (non-hydrogen) atoms. The van der Waals surface area contributed by atoms with E-state index in [1.165, 1.54) is 4.90 Å². The average Bonchev–Trinajstić information content (AvgIpc) is 3.40. The van der Waals surface area contributed by atoms with Crippen LogP contribution in [0.5, 0.6) is 0 Å². The highest BCUT2D eigenvalue weighted by Crippen LogP contribution is 2.51. The number of nitrogens with one attached hydrogen (secondary N) is 3. The molecule has 5 amide bonds. The van der Waals surface area contributed by atoms with Crippen LogP contribution in [0.4, 0.5) is 13.6 Å². The third-order valence-corrected chi connectivity index (χ3v) is 11.2. The zero-order valence-electron chi connectivity index (χ0n) is 27.8. The summed E-state index contributed by atoms with van der Waals surface area (Å²) in [5, 5.41) is 8.66. The van der Waals surface area contributed by atoms with Crippen LogP contribution in [0.15, 0.2) is 11.6 Å². The van der Waals surface area contributed by atoms with Crippen molar-refractivity contribution in [2.45, 2.75) is 141 Å². The lowest BCUT2D eigenvalue weighted by molar-refractivity contribution is -0.143. The number of allylic oxidation sites excluding steroid dienone is 2. The van der Waals surface area contributed by atoms with Crippen LogP contribution in [0, 0.1) is 23.7 Å². The van der Waals surface area contributed by atoms with E-state index in [4.69, 9.17) is 5.73 Å². The standard InChI is InChI=1S/C34H53F2N5O5/c1-5-20(2)21(3)23-16-26(30(44)38-25(28(42)29(37)43)17-24-18-34(24,35)36)41(19-23)31(45)27(22-12-8-6-9-13-22)39-32(46)40-33(4)14-10-7-11-15-33/h5,21-27H,6-19H2,1-4H3,(H2,37,43)(H,38,44)(H2,39,40,46)/b20-5+/t21?,23-,24?,25?,26+,27+/m1/s1. The number of nitrogens with two attached hydrogens (primary N) is 1. The number of hydrogen-bond donors (Lipinski definition) is 4. The Morgan fingerprint density at radius 3 is 2.15 bits per heavy atom. The van der Waals surface area contributed by atoms with Gasteiger partial charge in [-0.2, -0.15) is 0 Å². The average molecular weight is 650 g/mol. The van der Waals surface area contributed by atoms with Crippen molar-refractivity contribution in [2.24, 2.45) is 29.4 Å². The van der Waals surface area contributed by atoms with E-state index >= 15 is 0 Å². The van der Waals surface area contributed by atoms with Gasteiger partial charge in [0.05, 0.1) is 6.04 Å². The highest BCUT2D eigenvalue weighted by molar-refractivity contribution is 6.37. The molecule has 0 aromatic heterocycles. The Morgan fingerprint density at radius 2 is 1.59 bits per heavy atom. The summed E-state index contributed by atoms with van der Waals surface area (Å²) >= 11 is 0. The van der Waals surface area contributed by atoms with Gasteiger partial charge in [-0.25, -0.2) is 13.6 Å². The molecule has 1 saturated heterocycles. The maximum atomic E-state index is 14.5. The SMILES string of the molecule is C/C=C(\C)C(C)[C@@H]1C[C@@H](C(=O)NC(CC2CC2(F)F)C(=O)C(N)=O)N(C(=O)[C@@H](NC(=O)NC2(C)CCCCC2)C2CCCCC2)C1. The molecule has 0 radical (unpaired) electrons. The third-order valence-electron chi connectivity index (χ3n) is 11.2. The maximum Gasteiger partial charge on any atom is 0.315 e. The second kappa shape index (κ2) is 14.8. The number of rotatable bonds is 12. The molecule has 0 aromatic carbocycles. The van der Waals surface area contributed by atoms with Crippen LogP contribution >= 0.6 is 0 Å². The van der Waals surface area contributed by atoms with Crippen LogP contribution in [-0.4, -0.2) is 70.6 Å². The molecule has 3 unspecified atom stereocenters. The molecule has 5 N–H and O–H groups in total. The molecule has 0 aromatic rings. The highest BCUT2D eigenvalue weighted by atomic mass is 19.3. The van der Waals surface area contributed by atoms with Crippen LogP contribution in [0.1, 0.15) is 111 Å². The van der Waals surface area contributed by atoms with Crippen LogP contribution in [0.2, 0.25) is 0 Å². The number of urea groups is 1. The van der Waals surface area contributed by atoms with Gasteiger partial charge in [-0.15, -0.1) is 0 Å². The number of nitrogens with zero attached hydrogens (tertiary/aromatic N) is 1. The largest absolute Gasteiger partial charge is 0.363 e. The lowest BCUT2D eigenvalue weighted by atomic mass is 9.82. The summed E-state index contributed by atoms with van der Waals surface area (Å²) in [7, 11) is 0. The zero-order chi connectivity index (χ0) is 33.8. The number of amides is 5. The van der Waals surface area contributed by atoms with E-state index in [-0.39, 0.29) is 42.2 Å². The van der Waals surface area contributed by atoms with Gasteiger partial charge in [-0.1, -0.05) is 57.1 Å². The molecule has 0 bridgehead atoms. The number of carbonyl (C=O) groups is 5. The fourth-order valence-electron chi connectivity index (χ4n) is 7.77. The summed E-state index contributed by atoms with van der Waals surface area (Å²) in [6.07, 6.45) is 10.8. The van der Waals surface area contributed by atoms with Gasteiger partial charge in [0, 0.05) is 24.4 Å². The van der Waals surface area contributed by atoms with Crippen molar-refractivity contribution in [2.75, 3.05) is 6.54 Å². The van der Waals surface area contributed by atoms with Crippen LogP contribution in [-0.2, 0) is 19.2 Å². The van der Waals surface area contributed by atoms with E-state index < -0.39 is 66.4 Å². The molecular weight excluding hydrogens is 596 g/mol. The summed E-state index contributed by atoms with van der Waals surface area (Å²) in [6, 6.07) is -3.78. The minimum Gasteiger partial charge on any atom is -0.363 e. The van der Waals surface area contributed by atoms with E-state index in [2.05, 4.69) is 16.0 Å². The first-order chi connectivity index (χ1) is 21.7. The molecule has 6 atom stereocenters. The fraction of sp³-hybridized carbons (Fsp3) is 0.794. The summed E-state index contributed by atoms with van der Waals surface area (Å²) < 4.78 is 27.6. The number of primary amides is 1. The van der Waals surface area contributed by atoms with E-state index in [1.807, 2.05) is 33.8 Å². The molecule has 1 aliphatic heterocycles. The Kier molecular flexibility index (Phi) is 11.5. The van der Waals surface area contributed by atoms with Crippen molar-refractivity contribution in [1.82, 2.24) is 20.9 Å². The molecular formula is C34H53F2N5O5. The van der Waals surface area contributed by atoms with Crippen molar-refractivity contribution in [1.29, 1.82) is 0 Å². The fourth-order valence-corrected chi connectivity index (χ4v) is 7.77. The van der Waals surface area contributed by atoms with E-state index in [0.717, 1.165) is 69.8 Å². The Balaban J connectivity index is 1.59. The molecule has 0 spiro atoms. The molecule has 1 heterocycles. The van der Waals surface area contributed by atoms with Crippen LogP contribution < -0.4 is 21.7 Å². The first-order valence-corrected chi connectivity index (χ1v) is 17.2. The normalized spacial score (nSPS) is 28.0. The number of ketones is 1. The van der Waals surface area contributed by atoms with Crippen molar-refractivity contribution in [3.8, 4) is 0 Å². The third kappa shape index (κ3) is 8.64. The quantitative estimate of drug-likeness (QED) is 0.183. The van der Waals surface area contributed by atoms with Crippen molar-refractivity contribution in [3.63, 3.8) is 0 Å². The van der Waals surface area contributed by atoms with Gasteiger partial charge in [0.1, 0.15) is 12.1 Å². The van der Waals surface area contributed by atoms with E-state index in [9.17, 15) is 32.8 Å². The minimum absolute atomic E-state index is 0.0296. The number of hydrogen-bond acceptors (Lipinski definition) is 5. The van der Waals surface area contributed by atoms with Gasteiger partial charge < -0.3 is 26.6 Å². The number of Topliss-reactive ketones (excluding diaryl/α,β-unsaturated/α-hetero) is 1. The smallest absolute Gasteiger partial charge is 0.315 e. The second-order valence-corrected chi connectivity index (χ2v) is 14.6. The Hall–Kier alpha value is -3.05. The molecule has 12 heteroatoms. The minimum atomic E-state index is -2.96. The molecule has 3 aliphatic carbocycles. The van der Waals surface area contributed by atoms with Gasteiger partial charge in [0.25, 0.3) is 11.8 Å². The molecule has 4 aliphatic rings. The lowest BCUT2D eigenvalue weighted by Gasteiger charge is -2.37. The number of alkyl halides is 2. The van der Waals surface area contributed by atoms with Crippen LogP contribution in [0.25, 0.3) is 0 Å². The van der Waals surface area contributed by atoms with E-state index in [1.54, 1.807) is 0 Å². The zero-order valence-corrected chi connectivity index (χ0v) is 27.8. The molecule has 3 saturated carbocycles. The van der Waals surface area contributed by atoms with Crippen molar-refractivity contribution < 1.29 is 32.8 Å². The molecule has 4 rings (SSSR count). The predicted octanol–water partition coefficient (Wildman–Crippen LogP) is 4.36. The topological polar surface area (TPSA) is 151 Å². The van der Waals surface area contributed by atoms with Gasteiger partial charge in [-0.3, -0.25) is 19.2 Å². The van der Waals surface area contributed by atoms with Gasteiger partial charge >= 0.3 is 6.03 Å². The van der Waals surface area contributed by atoms with Crippen molar-refractivity contribution in [3.05, 3.63) is 11.6 Å². The summed E-state index contributed by atoms with van der Waals surface area (Å²) in [4.78, 5) is 67.7. The monoisotopic (exact) mass is 649 g/mol. The Bertz CT molecular complexity index is 1200. The van der Waals surface area contributed by atoms with Gasteiger partial charge in [-0.05, 0) is 77.0 Å². The molecule has 4 fully saturated rings. The molecule has 10 nitrogen and oxygen atoms in total. The Labute approximate surface area is 271 Å². The van der Waals surface area contributed by atoms with Crippen molar-refractivity contribution >= 4 is 29.5 Å². The summed E-state index contributed by atoms with van der Waals surface area (Å²) in [5.74, 6) is -7.80. The van der Waals surface area contributed by atoms with E-state index in [0.29, 0.717) is 0 Å². The summed E-state index contributed by atoms with van der Waals surface area (Å²) in [6.45, 7) is 8.23. The molecule has 258 valence electrons. The van der Waals surface area contributed by atoms with Gasteiger partial charge in [0.2, 0.25) is 17.6 Å². The lowest BCUT2D eigenvalue weighted by Crippen LogP contribution is -2.60. The number of halogens is 2. The first kappa shape index (κ1) is 35.8. The Morgan fingerprint density at radius 1 is 0.978 bits per heavy atom. The first-order valence-electron chi connectivity index (χ1n) is 17.2. The van der Waals surface area contributed by atoms with Gasteiger partial charge in [0.15, 0.2) is 0 Å². The maximum absolute atomic E-state index is 14.5. The highest BCUT2D eigenvalue weighted by Gasteiger charge is 2.58. The second-order valence-electron chi connectivity index (χ2n) is 14.6.